The predicted molar refractivity (Wildman–Crippen MR) is 71.7 cm³/mol. The van der Waals surface area contributed by atoms with Crippen LogP contribution in [0.3, 0.4) is 0 Å². The summed E-state index contributed by atoms with van der Waals surface area (Å²) in [6.45, 7) is 2.21. The van der Waals surface area contributed by atoms with Gasteiger partial charge in [0.15, 0.2) is 0 Å². The van der Waals surface area contributed by atoms with E-state index in [1.165, 1.54) is 6.92 Å². The molecule has 0 radical (unpaired) electrons. The van der Waals surface area contributed by atoms with Gasteiger partial charge in [0.1, 0.15) is 5.75 Å². The molecule has 0 atom stereocenters. The number of benzene rings is 1. The van der Waals surface area contributed by atoms with Crippen LogP contribution in [0, 0.1) is 0 Å². The first kappa shape index (κ1) is 14.5. The van der Waals surface area contributed by atoms with Gasteiger partial charge in [-0.3, -0.25) is 9.59 Å². The Balaban J connectivity index is 2.58. The summed E-state index contributed by atoms with van der Waals surface area (Å²) in [5.74, 6) is 0.281. The van der Waals surface area contributed by atoms with Crippen molar-refractivity contribution in [3.8, 4) is 5.75 Å². The molecule has 0 aliphatic heterocycles. The second-order valence-electron chi connectivity index (χ2n) is 3.58. The van der Waals surface area contributed by atoms with E-state index in [1.807, 2.05) is 0 Å². The van der Waals surface area contributed by atoms with Gasteiger partial charge in [0.2, 0.25) is 5.91 Å². The lowest BCUT2D eigenvalue weighted by atomic mass is 10.2. The molecule has 1 rings (SSSR count). The molecule has 2 amide bonds. The minimum atomic E-state index is -0.217. The van der Waals surface area contributed by atoms with E-state index in [0.717, 1.165) is 0 Å². The number of carbonyl (C=O) groups is 2. The molecule has 1 aromatic carbocycles. The largest absolute Gasteiger partial charge is 0.497 e. The summed E-state index contributed by atoms with van der Waals surface area (Å²) in [5.41, 5.74) is 0.497. The van der Waals surface area contributed by atoms with E-state index in [-0.39, 0.29) is 11.8 Å². The smallest absolute Gasteiger partial charge is 0.252 e. The fraction of sp³-hybridized carbons (Fsp3) is 0.333. The van der Waals surface area contributed by atoms with Gasteiger partial charge in [0.05, 0.1) is 12.7 Å². The van der Waals surface area contributed by atoms with Crippen LogP contribution in [0.1, 0.15) is 17.3 Å². The van der Waals surface area contributed by atoms with E-state index in [0.29, 0.717) is 28.9 Å². The maximum Gasteiger partial charge on any atom is 0.252 e. The third-order valence-corrected chi connectivity index (χ3v) is 2.89. The molecule has 0 saturated heterocycles. The van der Waals surface area contributed by atoms with Crippen molar-refractivity contribution in [2.75, 3.05) is 20.2 Å². The topological polar surface area (TPSA) is 67.4 Å². The van der Waals surface area contributed by atoms with Crippen molar-refractivity contribution < 1.29 is 14.3 Å². The minimum absolute atomic E-state index is 0.119. The molecular weight excluding hydrogens is 300 g/mol. The molecule has 18 heavy (non-hydrogen) atoms. The van der Waals surface area contributed by atoms with Crippen molar-refractivity contribution in [1.29, 1.82) is 0 Å². The first-order chi connectivity index (χ1) is 8.54. The number of rotatable bonds is 5. The fourth-order valence-corrected chi connectivity index (χ4v) is 1.74. The van der Waals surface area contributed by atoms with Gasteiger partial charge in [0.25, 0.3) is 5.91 Å². The Hall–Kier alpha value is -1.56. The lowest BCUT2D eigenvalue weighted by Crippen LogP contribution is -2.33. The van der Waals surface area contributed by atoms with Gasteiger partial charge in [0, 0.05) is 24.5 Å². The standard InChI is InChI=1S/C12H15BrN2O3/c1-8(16)14-5-6-15-12(17)10-7-9(18-2)3-4-11(10)13/h3-4,7H,5-6H2,1-2H3,(H,14,16)(H,15,17). The SMILES string of the molecule is COc1ccc(Br)c(C(=O)NCCNC(C)=O)c1. The van der Waals surface area contributed by atoms with Crippen LogP contribution in [0.5, 0.6) is 5.75 Å². The average molecular weight is 315 g/mol. The van der Waals surface area contributed by atoms with Crippen LogP contribution >= 0.6 is 15.9 Å². The van der Waals surface area contributed by atoms with Crippen molar-refractivity contribution >= 4 is 27.7 Å². The maximum atomic E-state index is 11.9. The number of methoxy groups -OCH3 is 1. The van der Waals surface area contributed by atoms with Crippen LogP contribution in [0.2, 0.25) is 0 Å². The maximum absolute atomic E-state index is 11.9. The summed E-state index contributed by atoms with van der Waals surface area (Å²) in [7, 11) is 1.54. The quantitative estimate of drug-likeness (QED) is 0.806. The summed E-state index contributed by atoms with van der Waals surface area (Å²) in [5, 5.41) is 5.31. The number of nitrogens with one attached hydrogen (secondary N) is 2. The van der Waals surface area contributed by atoms with E-state index in [4.69, 9.17) is 4.74 Å². The van der Waals surface area contributed by atoms with Gasteiger partial charge in [-0.05, 0) is 34.1 Å². The van der Waals surface area contributed by atoms with Gasteiger partial charge in [-0.2, -0.15) is 0 Å². The number of hydrogen-bond acceptors (Lipinski definition) is 3. The van der Waals surface area contributed by atoms with Crippen molar-refractivity contribution in [3.63, 3.8) is 0 Å². The van der Waals surface area contributed by atoms with Crippen LogP contribution in [0.15, 0.2) is 22.7 Å². The Morgan fingerprint density at radius 3 is 2.56 bits per heavy atom. The molecule has 98 valence electrons. The first-order valence-electron chi connectivity index (χ1n) is 5.40. The molecule has 0 unspecified atom stereocenters. The Kier molecular flexibility index (Phi) is 5.64. The molecule has 0 heterocycles. The lowest BCUT2D eigenvalue weighted by Gasteiger charge is -2.08. The van der Waals surface area contributed by atoms with E-state index < -0.39 is 0 Å². The molecule has 0 aliphatic rings. The first-order valence-corrected chi connectivity index (χ1v) is 6.20. The molecular formula is C12H15BrN2O3. The van der Waals surface area contributed by atoms with Crippen LogP contribution in [-0.2, 0) is 4.79 Å². The van der Waals surface area contributed by atoms with Gasteiger partial charge in [-0.25, -0.2) is 0 Å². The number of amides is 2. The van der Waals surface area contributed by atoms with Crippen molar-refractivity contribution in [2.45, 2.75) is 6.92 Å². The molecule has 2 N–H and O–H groups in total. The number of hydrogen-bond donors (Lipinski definition) is 2. The average Bonchev–Trinajstić information content (AvgIpc) is 2.34. The summed E-state index contributed by atoms with van der Waals surface area (Å²) in [4.78, 5) is 22.5. The summed E-state index contributed by atoms with van der Waals surface area (Å²) < 4.78 is 5.75. The zero-order valence-corrected chi connectivity index (χ0v) is 11.8. The Bertz CT molecular complexity index is 449. The second kappa shape index (κ2) is 7.00. The third-order valence-electron chi connectivity index (χ3n) is 2.20. The molecule has 5 nitrogen and oxygen atoms in total. The molecule has 0 saturated carbocycles. The van der Waals surface area contributed by atoms with E-state index >= 15 is 0 Å². The molecule has 6 heteroatoms. The van der Waals surface area contributed by atoms with Gasteiger partial charge in [-0.15, -0.1) is 0 Å². The zero-order chi connectivity index (χ0) is 13.5. The highest BCUT2D eigenvalue weighted by atomic mass is 79.9. The van der Waals surface area contributed by atoms with E-state index in [2.05, 4.69) is 26.6 Å². The van der Waals surface area contributed by atoms with Crippen molar-refractivity contribution in [1.82, 2.24) is 10.6 Å². The Morgan fingerprint density at radius 2 is 1.94 bits per heavy atom. The minimum Gasteiger partial charge on any atom is -0.497 e. The Labute approximate surface area is 114 Å². The lowest BCUT2D eigenvalue weighted by molar-refractivity contribution is -0.118. The predicted octanol–water partition coefficient (Wildman–Crippen LogP) is 1.32. The second-order valence-corrected chi connectivity index (χ2v) is 4.44. The van der Waals surface area contributed by atoms with E-state index in [1.54, 1.807) is 25.3 Å². The van der Waals surface area contributed by atoms with Crippen molar-refractivity contribution in [2.24, 2.45) is 0 Å². The number of ether oxygens (including phenoxy) is 1. The van der Waals surface area contributed by atoms with E-state index in [9.17, 15) is 9.59 Å². The highest BCUT2D eigenvalue weighted by molar-refractivity contribution is 9.10. The molecule has 0 bridgehead atoms. The fourth-order valence-electron chi connectivity index (χ4n) is 1.32. The van der Waals surface area contributed by atoms with Gasteiger partial charge >= 0.3 is 0 Å². The van der Waals surface area contributed by atoms with Crippen LogP contribution in [-0.4, -0.2) is 32.0 Å². The highest BCUT2D eigenvalue weighted by Crippen LogP contribution is 2.22. The highest BCUT2D eigenvalue weighted by Gasteiger charge is 2.10. The zero-order valence-electron chi connectivity index (χ0n) is 10.2. The van der Waals surface area contributed by atoms with Crippen molar-refractivity contribution in [3.05, 3.63) is 28.2 Å². The Morgan fingerprint density at radius 1 is 1.28 bits per heavy atom. The summed E-state index contributed by atoms with van der Waals surface area (Å²) in [6.07, 6.45) is 0. The van der Waals surface area contributed by atoms with Gasteiger partial charge < -0.3 is 15.4 Å². The third kappa shape index (κ3) is 4.37. The summed E-state index contributed by atoms with van der Waals surface area (Å²) >= 11 is 3.31. The molecule has 0 fully saturated rings. The van der Waals surface area contributed by atoms with Crippen LogP contribution < -0.4 is 15.4 Å². The van der Waals surface area contributed by atoms with Crippen LogP contribution in [0.4, 0.5) is 0 Å². The normalized spacial score (nSPS) is 9.72. The molecule has 1 aromatic rings. The number of carbonyl (C=O) groups excluding carboxylic acids is 2. The van der Waals surface area contributed by atoms with Gasteiger partial charge in [-0.1, -0.05) is 0 Å². The molecule has 0 spiro atoms. The van der Waals surface area contributed by atoms with Crippen LogP contribution in [0.25, 0.3) is 0 Å². The molecule has 0 aromatic heterocycles. The number of halogens is 1. The summed E-state index contributed by atoms with van der Waals surface area (Å²) in [6, 6.07) is 5.16. The monoisotopic (exact) mass is 314 g/mol. The molecule has 0 aliphatic carbocycles.